The highest BCUT2D eigenvalue weighted by Crippen LogP contribution is 2.60. The van der Waals surface area contributed by atoms with Gasteiger partial charge in [0.2, 0.25) is 5.91 Å². The van der Waals surface area contributed by atoms with Crippen LogP contribution < -0.4 is 5.32 Å². The lowest BCUT2D eigenvalue weighted by molar-refractivity contribution is -0.141. The number of nitrogens with zero attached hydrogens (tertiary/aromatic N) is 1. The summed E-state index contributed by atoms with van der Waals surface area (Å²) >= 11 is 0. The van der Waals surface area contributed by atoms with Crippen LogP contribution in [0.3, 0.4) is 0 Å². The molecule has 0 aromatic carbocycles. The van der Waals surface area contributed by atoms with Gasteiger partial charge in [0.15, 0.2) is 0 Å². The minimum absolute atomic E-state index is 0.263. The fraction of sp³-hybridized carbons (Fsp3) is 0.938. The van der Waals surface area contributed by atoms with Crippen LogP contribution in [-0.4, -0.2) is 37.5 Å². The average Bonchev–Trinajstić information content (AvgIpc) is 2.23. The molecule has 1 N–H and O–H groups in total. The van der Waals surface area contributed by atoms with E-state index in [2.05, 4.69) is 10.2 Å². The normalized spacial score (nSPS) is 44.2. The van der Waals surface area contributed by atoms with Crippen LogP contribution in [0, 0.1) is 29.1 Å². The van der Waals surface area contributed by atoms with Crippen LogP contribution in [0.15, 0.2) is 0 Å². The third-order valence-electron chi connectivity index (χ3n) is 6.24. The first-order chi connectivity index (χ1) is 9.13. The van der Waals surface area contributed by atoms with Gasteiger partial charge >= 0.3 is 0 Å². The second kappa shape index (κ2) is 4.21. The van der Waals surface area contributed by atoms with E-state index >= 15 is 0 Å². The molecule has 0 aromatic heterocycles. The average molecular weight is 262 g/mol. The maximum Gasteiger partial charge on any atom is 0.228 e. The van der Waals surface area contributed by atoms with Crippen LogP contribution in [0.2, 0.25) is 0 Å². The molecule has 4 aliphatic carbocycles. The number of nitrogens with one attached hydrogen (secondary N) is 1. The van der Waals surface area contributed by atoms with Gasteiger partial charge in [-0.25, -0.2) is 0 Å². The van der Waals surface area contributed by atoms with E-state index in [0.29, 0.717) is 11.3 Å². The molecule has 0 spiro atoms. The van der Waals surface area contributed by atoms with Gasteiger partial charge in [0, 0.05) is 26.7 Å². The van der Waals surface area contributed by atoms with Crippen molar-refractivity contribution in [2.75, 3.05) is 26.7 Å². The Labute approximate surface area is 116 Å². The second-order valence-corrected chi connectivity index (χ2v) is 7.97. The second-order valence-electron chi connectivity index (χ2n) is 7.97. The van der Waals surface area contributed by atoms with Crippen molar-refractivity contribution in [2.45, 2.75) is 38.5 Å². The summed E-state index contributed by atoms with van der Waals surface area (Å²) in [5.41, 5.74) is 0.496. The Morgan fingerprint density at radius 3 is 2.05 bits per heavy atom. The van der Waals surface area contributed by atoms with Gasteiger partial charge in [-0.1, -0.05) is 0 Å². The Morgan fingerprint density at radius 1 is 1.11 bits per heavy atom. The Kier molecular flexibility index (Phi) is 2.70. The third-order valence-corrected chi connectivity index (χ3v) is 6.24. The Bertz CT molecular complexity index is 353. The van der Waals surface area contributed by atoms with Crippen LogP contribution in [-0.2, 0) is 4.79 Å². The molecule has 1 aliphatic heterocycles. The smallest absolute Gasteiger partial charge is 0.228 e. The Morgan fingerprint density at radius 2 is 1.63 bits per heavy atom. The zero-order valence-corrected chi connectivity index (χ0v) is 12.0. The van der Waals surface area contributed by atoms with Crippen LogP contribution >= 0.6 is 0 Å². The molecule has 5 aliphatic rings. The maximum absolute atomic E-state index is 12.3. The monoisotopic (exact) mass is 262 g/mol. The van der Waals surface area contributed by atoms with E-state index in [1.165, 1.54) is 38.5 Å². The first kappa shape index (κ1) is 12.2. The first-order valence-electron chi connectivity index (χ1n) is 8.09. The quantitative estimate of drug-likeness (QED) is 0.842. The van der Waals surface area contributed by atoms with Crippen LogP contribution in [0.5, 0.6) is 0 Å². The van der Waals surface area contributed by atoms with Crippen molar-refractivity contribution >= 4 is 5.91 Å². The minimum Gasteiger partial charge on any atom is -0.345 e. The lowest BCUT2D eigenvalue weighted by Crippen LogP contribution is -2.55. The SMILES string of the molecule is CN(CC12CC3CC(CC(C3)C1)C2)C(=O)C1CNC1. The molecule has 0 radical (unpaired) electrons. The predicted molar refractivity (Wildman–Crippen MR) is 74.6 cm³/mol. The van der Waals surface area contributed by atoms with E-state index in [1.54, 1.807) is 0 Å². The van der Waals surface area contributed by atoms with E-state index < -0.39 is 0 Å². The van der Waals surface area contributed by atoms with Crippen molar-refractivity contribution in [3.05, 3.63) is 0 Å². The molecule has 0 aromatic rings. The third kappa shape index (κ3) is 2.01. The molecule has 19 heavy (non-hydrogen) atoms. The first-order valence-corrected chi connectivity index (χ1v) is 8.09. The summed E-state index contributed by atoms with van der Waals surface area (Å²) in [5.74, 6) is 3.61. The molecule has 0 unspecified atom stereocenters. The van der Waals surface area contributed by atoms with Gasteiger partial charge in [-0.05, 0) is 61.7 Å². The van der Waals surface area contributed by atoms with E-state index in [0.717, 1.165) is 37.4 Å². The van der Waals surface area contributed by atoms with Crippen molar-refractivity contribution in [1.29, 1.82) is 0 Å². The Balaban J connectivity index is 1.45. The highest BCUT2D eigenvalue weighted by atomic mass is 16.2. The van der Waals surface area contributed by atoms with Crippen molar-refractivity contribution in [3.8, 4) is 0 Å². The summed E-state index contributed by atoms with van der Waals surface area (Å²) in [7, 11) is 2.04. The zero-order valence-electron chi connectivity index (χ0n) is 12.0. The van der Waals surface area contributed by atoms with Crippen molar-refractivity contribution < 1.29 is 4.79 Å². The van der Waals surface area contributed by atoms with Crippen molar-refractivity contribution in [1.82, 2.24) is 10.2 Å². The van der Waals surface area contributed by atoms with Gasteiger partial charge in [-0.2, -0.15) is 0 Å². The number of amides is 1. The van der Waals surface area contributed by atoms with E-state index in [9.17, 15) is 4.79 Å². The summed E-state index contributed by atoms with van der Waals surface area (Å²) in [6.45, 7) is 2.82. The molecule has 3 nitrogen and oxygen atoms in total. The van der Waals surface area contributed by atoms with E-state index in [-0.39, 0.29) is 5.92 Å². The molecule has 4 saturated carbocycles. The van der Waals surface area contributed by atoms with Gasteiger partial charge in [-0.15, -0.1) is 0 Å². The zero-order chi connectivity index (χ0) is 13.0. The Hall–Kier alpha value is -0.570. The minimum atomic E-state index is 0.263. The standard InChI is InChI=1S/C16H26N2O/c1-18(15(19)14-8-17-9-14)10-16-5-11-2-12(6-16)4-13(3-11)7-16/h11-14,17H,2-10H2,1H3. The van der Waals surface area contributed by atoms with Crippen molar-refractivity contribution in [2.24, 2.45) is 29.1 Å². The highest BCUT2D eigenvalue weighted by Gasteiger charge is 2.51. The topological polar surface area (TPSA) is 32.3 Å². The molecule has 1 saturated heterocycles. The number of carbonyl (C=O) groups excluding carboxylic acids is 1. The van der Waals surface area contributed by atoms with Crippen LogP contribution in [0.1, 0.15) is 38.5 Å². The van der Waals surface area contributed by atoms with E-state index in [4.69, 9.17) is 0 Å². The van der Waals surface area contributed by atoms with Gasteiger partial charge < -0.3 is 10.2 Å². The highest BCUT2D eigenvalue weighted by molar-refractivity contribution is 5.80. The molecule has 4 bridgehead atoms. The number of hydrogen-bond acceptors (Lipinski definition) is 2. The van der Waals surface area contributed by atoms with Crippen LogP contribution in [0.4, 0.5) is 0 Å². The predicted octanol–water partition coefficient (Wildman–Crippen LogP) is 1.88. The molecule has 3 heteroatoms. The molecule has 5 fully saturated rings. The van der Waals surface area contributed by atoms with Gasteiger partial charge in [0.05, 0.1) is 5.92 Å². The van der Waals surface area contributed by atoms with Crippen LogP contribution in [0.25, 0.3) is 0 Å². The summed E-state index contributed by atoms with van der Waals surface area (Å²) in [6, 6.07) is 0. The molecule has 106 valence electrons. The summed E-state index contributed by atoms with van der Waals surface area (Å²) in [4.78, 5) is 14.4. The molecule has 1 heterocycles. The summed E-state index contributed by atoms with van der Waals surface area (Å²) in [5, 5.41) is 3.21. The number of hydrogen-bond donors (Lipinski definition) is 1. The fourth-order valence-corrected chi connectivity index (χ4v) is 5.84. The van der Waals surface area contributed by atoms with E-state index in [1.807, 2.05) is 7.05 Å². The summed E-state index contributed by atoms with van der Waals surface area (Å²) in [6.07, 6.45) is 8.68. The molecule has 0 atom stereocenters. The fourth-order valence-electron chi connectivity index (χ4n) is 5.84. The van der Waals surface area contributed by atoms with Gasteiger partial charge in [0.25, 0.3) is 0 Å². The number of carbonyl (C=O) groups is 1. The summed E-state index contributed by atoms with van der Waals surface area (Å²) < 4.78 is 0. The lowest BCUT2D eigenvalue weighted by atomic mass is 9.49. The molecular weight excluding hydrogens is 236 g/mol. The molecular formula is C16H26N2O. The molecule has 5 rings (SSSR count). The molecule has 1 amide bonds. The maximum atomic E-state index is 12.3. The largest absolute Gasteiger partial charge is 0.345 e. The van der Waals surface area contributed by atoms with Gasteiger partial charge in [0.1, 0.15) is 0 Å². The lowest BCUT2D eigenvalue weighted by Gasteiger charge is -2.57. The van der Waals surface area contributed by atoms with Crippen molar-refractivity contribution in [3.63, 3.8) is 0 Å². The number of rotatable bonds is 3. The van der Waals surface area contributed by atoms with Gasteiger partial charge in [-0.3, -0.25) is 4.79 Å².